The molecule has 2 aromatic carbocycles. The van der Waals surface area contributed by atoms with E-state index in [0.29, 0.717) is 18.7 Å². The molecule has 4 aromatic rings. The number of hydrogen-bond donors (Lipinski definition) is 0. The number of hydrogen-bond acceptors (Lipinski definition) is 6. The summed E-state index contributed by atoms with van der Waals surface area (Å²) in [4.78, 5) is 26.0. The number of fused-ring (bicyclic) bond motifs is 1. The van der Waals surface area contributed by atoms with Crippen molar-refractivity contribution in [1.82, 2.24) is 14.9 Å². The maximum Gasteiger partial charge on any atom is 0.255 e. The number of ether oxygens (including phenoxy) is 2. The van der Waals surface area contributed by atoms with Crippen LogP contribution in [0.1, 0.15) is 10.4 Å². The Morgan fingerprint density at radius 1 is 0.882 bits per heavy atom. The van der Waals surface area contributed by atoms with Crippen LogP contribution in [0, 0.1) is 0 Å². The first kappa shape index (κ1) is 21.7. The highest BCUT2D eigenvalue weighted by atomic mass is 16.5. The molecule has 0 radical (unpaired) electrons. The molecule has 0 atom stereocenters. The van der Waals surface area contributed by atoms with Gasteiger partial charge in [0, 0.05) is 61.2 Å². The van der Waals surface area contributed by atoms with Gasteiger partial charge in [0.1, 0.15) is 17.3 Å². The van der Waals surface area contributed by atoms with E-state index in [1.165, 1.54) is 0 Å². The van der Waals surface area contributed by atoms with E-state index in [2.05, 4.69) is 34.1 Å². The highest BCUT2D eigenvalue weighted by Crippen LogP contribution is 2.37. The molecule has 0 spiro atoms. The summed E-state index contributed by atoms with van der Waals surface area (Å²) < 4.78 is 11.0. The Morgan fingerprint density at radius 2 is 1.74 bits per heavy atom. The number of rotatable bonds is 5. The average Bonchev–Trinajstić information content (AvgIpc) is 2.92. The van der Waals surface area contributed by atoms with Gasteiger partial charge in [-0.3, -0.25) is 9.78 Å². The van der Waals surface area contributed by atoms with Crippen molar-refractivity contribution in [3.63, 3.8) is 0 Å². The van der Waals surface area contributed by atoms with E-state index in [4.69, 9.17) is 14.5 Å². The number of methoxy groups -OCH3 is 2. The van der Waals surface area contributed by atoms with Crippen LogP contribution in [0.4, 0.5) is 5.82 Å². The van der Waals surface area contributed by atoms with Crippen LogP contribution < -0.4 is 14.4 Å². The first-order chi connectivity index (χ1) is 16.7. The van der Waals surface area contributed by atoms with Crippen molar-refractivity contribution in [1.29, 1.82) is 0 Å². The third-order valence-electron chi connectivity index (χ3n) is 6.20. The van der Waals surface area contributed by atoms with Gasteiger partial charge >= 0.3 is 0 Å². The largest absolute Gasteiger partial charge is 0.497 e. The van der Waals surface area contributed by atoms with E-state index in [0.717, 1.165) is 52.4 Å². The first-order valence-corrected chi connectivity index (χ1v) is 11.2. The fourth-order valence-corrected chi connectivity index (χ4v) is 4.36. The van der Waals surface area contributed by atoms with Gasteiger partial charge < -0.3 is 19.3 Å². The first-order valence-electron chi connectivity index (χ1n) is 11.2. The summed E-state index contributed by atoms with van der Waals surface area (Å²) in [5.74, 6) is 2.41. The molecule has 0 aliphatic carbocycles. The molecule has 1 aliphatic heterocycles. The Balaban J connectivity index is 1.42. The Hall–Kier alpha value is -4.13. The summed E-state index contributed by atoms with van der Waals surface area (Å²) in [6, 6.07) is 19.7. The summed E-state index contributed by atoms with van der Waals surface area (Å²) in [6.45, 7) is 2.72. The second-order valence-corrected chi connectivity index (χ2v) is 8.13. The topological polar surface area (TPSA) is 67.8 Å². The molecule has 0 N–H and O–H groups in total. The minimum Gasteiger partial charge on any atom is -0.497 e. The van der Waals surface area contributed by atoms with E-state index in [9.17, 15) is 4.79 Å². The summed E-state index contributed by atoms with van der Waals surface area (Å²) >= 11 is 0. The van der Waals surface area contributed by atoms with Crippen LogP contribution in [0.2, 0.25) is 0 Å². The summed E-state index contributed by atoms with van der Waals surface area (Å²) in [6.07, 6.45) is 3.30. The van der Waals surface area contributed by atoms with Crippen LogP contribution in [0.5, 0.6) is 11.5 Å². The normalized spacial score (nSPS) is 13.7. The van der Waals surface area contributed by atoms with Gasteiger partial charge in [0.2, 0.25) is 0 Å². The number of pyridine rings is 2. The van der Waals surface area contributed by atoms with Gasteiger partial charge in [0.25, 0.3) is 5.91 Å². The summed E-state index contributed by atoms with van der Waals surface area (Å²) in [5, 5.41) is 1.06. The number of anilines is 1. The molecular formula is C27H26N4O3. The third kappa shape index (κ3) is 4.12. The van der Waals surface area contributed by atoms with Gasteiger partial charge in [0.05, 0.1) is 25.3 Å². The highest BCUT2D eigenvalue weighted by Gasteiger charge is 2.23. The molecule has 172 valence electrons. The molecule has 7 heteroatoms. The Morgan fingerprint density at radius 3 is 2.47 bits per heavy atom. The van der Waals surface area contributed by atoms with E-state index in [1.807, 2.05) is 35.2 Å². The summed E-state index contributed by atoms with van der Waals surface area (Å²) in [7, 11) is 3.30. The molecule has 0 bridgehead atoms. The lowest BCUT2D eigenvalue weighted by molar-refractivity contribution is 0.0746. The number of aromatic nitrogens is 2. The van der Waals surface area contributed by atoms with E-state index >= 15 is 0 Å². The molecule has 1 fully saturated rings. The number of piperazine rings is 1. The zero-order valence-corrected chi connectivity index (χ0v) is 19.3. The third-order valence-corrected chi connectivity index (χ3v) is 6.20. The molecular weight excluding hydrogens is 428 g/mol. The van der Waals surface area contributed by atoms with Crippen molar-refractivity contribution in [2.75, 3.05) is 45.3 Å². The average molecular weight is 455 g/mol. The Labute approximate surface area is 198 Å². The minimum absolute atomic E-state index is 0.0214. The molecule has 2 aromatic heterocycles. The van der Waals surface area contributed by atoms with Crippen molar-refractivity contribution in [3.05, 3.63) is 78.6 Å². The maximum absolute atomic E-state index is 12.8. The van der Waals surface area contributed by atoms with Gasteiger partial charge in [-0.15, -0.1) is 0 Å². The zero-order chi connectivity index (χ0) is 23.5. The molecule has 5 rings (SSSR count). The molecule has 7 nitrogen and oxygen atoms in total. The summed E-state index contributed by atoms with van der Waals surface area (Å²) in [5.41, 5.74) is 3.50. The van der Waals surface area contributed by atoms with E-state index in [-0.39, 0.29) is 5.91 Å². The van der Waals surface area contributed by atoms with Crippen LogP contribution in [-0.4, -0.2) is 61.2 Å². The predicted molar refractivity (Wildman–Crippen MR) is 133 cm³/mol. The van der Waals surface area contributed by atoms with Gasteiger partial charge in [-0.05, 0) is 36.4 Å². The molecule has 0 unspecified atom stereocenters. The Kier molecular flexibility index (Phi) is 5.99. The van der Waals surface area contributed by atoms with Crippen molar-refractivity contribution in [2.24, 2.45) is 0 Å². The molecule has 3 heterocycles. The number of nitrogens with zero attached hydrogens (tertiary/aromatic N) is 4. The van der Waals surface area contributed by atoms with Gasteiger partial charge in [-0.1, -0.05) is 18.2 Å². The monoisotopic (exact) mass is 454 g/mol. The number of carbonyl (C=O) groups is 1. The second kappa shape index (κ2) is 9.39. The maximum atomic E-state index is 12.8. The van der Waals surface area contributed by atoms with Gasteiger partial charge in [-0.25, -0.2) is 4.98 Å². The lowest BCUT2D eigenvalue weighted by atomic mass is 10.0. The second-order valence-electron chi connectivity index (χ2n) is 8.13. The van der Waals surface area contributed by atoms with E-state index in [1.54, 1.807) is 32.7 Å². The number of amides is 1. The fraction of sp³-hybridized carbons (Fsp3) is 0.222. The molecule has 0 saturated carbocycles. The van der Waals surface area contributed by atoms with Crippen LogP contribution >= 0.6 is 0 Å². The standard InChI is InChI=1S/C27H26N4O3/c1-33-21-9-10-22(24(17-21)34-2)23-7-3-5-19-8-11-25(29-26(19)23)30-13-15-31(16-14-30)27(32)20-6-4-12-28-18-20/h3-12,17-18H,13-16H2,1-2H3. The molecule has 34 heavy (non-hydrogen) atoms. The van der Waals surface area contributed by atoms with Crippen LogP contribution in [-0.2, 0) is 0 Å². The van der Waals surface area contributed by atoms with Crippen molar-refractivity contribution in [2.45, 2.75) is 0 Å². The predicted octanol–water partition coefficient (Wildman–Crippen LogP) is 4.28. The Bertz CT molecular complexity index is 1320. The van der Waals surface area contributed by atoms with Crippen molar-refractivity contribution < 1.29 is 14.3 Å². The number of para-hydroxylation sites is 1. The van der Waals surface area contributed by atoms with Crippen molar-refractivity contribution >= 4 is 22.6 Å². The van der Waals surface area contributed by atoms with Gasteiger partial charge in [0.15, 0.2) is 0 Å². The lowest BCUT2D eigenvalue weighted by Gasteiger charge is -2.35. The molecule has 1 saturated heterocycles. The molecule has 1 aliphatic rings. The van der Waals surface area contributed by atoms with Gasteiger partial charge in [-0.2, -0.15) is 0 Å². The quantitative estimate of drug-likeness (QED) is 0.449. The zero-order valence-electron chi connectivity index (χ0n) is 19.3. The van der Waals surface area contributed by atoms with Crippen LogP contribution in [0.25, 0.3) is 22.0 Å². The SMILES string of the molecule is COc1ccc(-c2cccc3ccc(N4CCN(C(=O)c5cccnc5)CC4)nc23)c(OC)c1. The van der Waals surface area contributed by atoms with Crippen molar-refractivity contribution in [3.8, 4) is 22.6 Å². The fourth-order valence-electron chi connectivity index (χ4n) is 4.36. The number of benzene rings is 2. The number of carbonyl (C=O) groups excluding carboxylic acids is 1. The van der Waals surface area contributed by atoms with E-state index < -0.39 is 0 Å². The lowest BCUT2D eigenvalue weighted by Crippen LogP contribution is -2.49. The van der Waals surface area contributed by atoms with Crippen LogP contribution in [0.3, 0.4) is 0 Å². The molecule has 1 amide bonds. The smallest absolute Gasteiger partial charge is 0.255 e. The van der Waals surface area contributed by atoms with Crippen LogP contribution in [0.15, 0.2) is 73.1 Å². The highest BCUT2D eigenvalue weighted by molar-refractivity contribution is 5.96. The minimum atomic E-state index is 0.0214.